The van der Waals surface area contributed by atoms with Gasteiger partial charge in [0.05, 0.1) is 62.0 Å². The van der Waals surface area contributed by atoms with Gasteiger partial charge in [0, 0.05) is 90.1 Å². The Balaban J connectivity index is 0.000000121. The van der Waals surface area contributed by atoms with Crippen LogP contribution in [-0.4, -0.2) is 44.4 Å². The molecule has 0 unspecified atom stereocenters. The van der Waals surface area contributed by atoms with E-state index in [-0.39, 0.29) is 0 Å². The molecule has 140 heavy (non-hydrogen) atoms. The number of aromatic nitrogens is 9. The Morgan fingerprint density at radius 1 is 0.200 bits per heavy atom. The molecule has 0 spiro atoms. The van der Waals surface area contributed by atoms with Gasteiger partial charge in [-0.2, -0.15) is 15.8 Å². The second-order valence-corrected chi connectivity index (χ2v) is 34.1. The molecule has 654 valence electrons. The number of nitrogens with zero attached hydrogens (tertiary/aromatic N) is 12. The number of hydrogen-bond donors (Lipinski definition) is 0. The van der Waals surface area contributed by atoms with Crippen LogP contribution in [0.15, 0.2) is 498 Å². The SMILES string of the molecule is N#Cc1c(-c2ccccc2)nc(-c2ccccc2)nc1-c1cc(-c2ccc(-c3ccccn3)cc2)cc(-c2ccc(-c3ccccn3)cc2)c1.N#Cc1c(-c2ccccc2)nc(-c2ccccc2)nc1-c1ccc(-c2ccc(-n3c4ccccc4c4ccccc43)cc2)cc1.N#Cc1c(-c2ccccc2)nc(-c2ccccc2)nc1-c1ccc2c(c1)C(c1ccccc1)(c1ccccc1)c1ccccc1-2. The lowest BCUT2D eigenvalue weighted by Crippen LogP contribution is -2.28. The van der Waals surface area contributed by atoms with E-state index in [4.69, 9.17) is 29.9 Å². The first-order chi connectivity index (χ1) is 69.3. The zero-order chi connectivity index (χ0) is 94.1. The van der Waals surface area contributed by atoms with Crippen LogP contribution in [0, 0.1) is 34.0 Å². The maximum atomic E-state index is 10.7. The predicted octanol–water partition coefficient (Wildman–Crippen LogP) is 30.6. The van der Waals surface area contributed by atoms with Crippen molar-refractivity contribution >= 4 is 21.8 Å². The average Bonchev–Trinajstić information content (AvgIpc) is 1.55. The van der Waals surface area contributed by atoms with Crippen LogP contribution in [0.25, 0.3) is 196 Å². The van der Waals surface area contributed by atoms with Crippen LogP contribution in [0.3, 0.4) is 0 Å². The smallest absolute Gasteiger partial charge is 0.160 e. The van der Waals surface area contributed by atoms with E-state index in [1.165, 1.54) is 55.2 Å². The van der Waals surface area contributed by atoms with Crippen molar-refractivity contribution in [3.63, 3.8) is 0 Å². The van der Waals surface area contributed by atoms with E-state index in [9.17, 15) is 15.8 Å². The fourth-order valence-electron chi connectivity index (χ4n) is 19.1. The van der Waals surface area contributed by atoms with Crippen LogP contribution >= 0.6 is 0 Å². The Bertz CT molecular complexity index is 8410. The zero-order valence-corrected chi connectivity index (χ0v) is 75.7. The molecular weight excluding hydrogens is 1710 g/mol. The van der Waals surface area contributed by atoms with Crippen molar-refractivity contribution in [1.82, 2.24) is 44.4 Å². The van der Waals surface area contributed by atoms with Crippen molar-refractivity contribution in [3.8, 4) is 193 Å². The number of fused-ring (bicyclic) bond motifs is 6. The highest BCUT2D eigenvalue weighted by Gasteiger charge is 2.46. The topological polar surface area (TPSA) is 179 Å². The number of para-hydroxylation sites is 2. The predicted molar refractivity (Wildman–Crippen MR) is 564 cm³/mol. The lowest BCUT2D eigenvalue weighted by atomic mass is 9.67. The number of rotatable bonds is 17. The van der Waals surface area contributed by atoms with Gasteiger partial charge in [-0.05, 0) is 140 Å². The van der Waals surface area contributed by atoms with Gasteiger partial charge in [0.15, 0.2) is 17.5 Å². The normalized spacial score (nSPS) is 11.5. The van der Waals surface area contributed by atoms with E-state index in [1.54, 1.807) is 12.4 Å². The van der Waals surface area contributed by atoms with E-state index in [1.807, 2.05) is 231 Å². The number of benzene rings is 17. The lowest BCUT2D eigenvalue weighted by molar-refractivity contribution is 0.768. The molecule has 17 aromatic carbocycles. The minimum atomic E-state index is -0.547. The molecule has 0 saturated carbocycles. The Kier molecular flexibility index (Phi) is 23.7. The summed E-state index contributed by atoms with van der Waals surface area (Å²) in [5, 5.41) is 34.2. The molecule has 24 rings (SSSR count). The molecule has 1 aliphatic carbocycles. The third kappa shape index (κ3) is 16.8. The molecule has 0 radical (unpaired) electrons. The first-order valence-corrected chi connectivity index (χ1v) is 46.3. The van der Waals surface area contributed by atoms with Crippen LogP contribution < -0.4 is 0 Å². The summed E-state index contributed by atoms with van der Waals surface area (Å²) in [6, 6.07) is 173. The maximum Gasteiger partial charge on any atom is 0.160 e. The molecule has 0 aliphatic heterocycles. The van der Waals surface area contributed by atoms with Gasteiger partial charge in [0.2, 0.25) is 0 Å². The summed E-state index contributed by atoms with van der Waals surface area (Å²) in [5.41, 5.74) is 33.3. The minimum Gasteiger partial charge on any atom is -0.309 e. The number of hydrogen-bond acceptors (Lipinski definition) is 11. The molecule has 1 aliphatic rings. The van der Waals surface area contributed by atoms with E-state index in [0.717, 1.165) is 112 Å². The number of nitriles is 3. The first-order valence-electron chi connectivity index (χ1n) is 46.3. The number of pyridine rings is 2. The zero-order valence-electron chi connectivity index (χ0n) is 75.7. The standard InChI is InChI=1S/C45H29N5.C42H27N3.C41H26N4/c46-30-40-43(35-11-3-1-4-12-35)49-45(36-13-5-2-6-14-36)50-44(40)39-28-37(31-17-21-33(22-18-31)41-15-7-9-25-47-41)27-38(29-39)32-19-23-34(24-20-32)42-16-8-10-26-48-42;43-28-36-39(29-15-5-1-6-16-29)44-41(30-17-7-2-8-18-30)45-40(36)31-25-26-35-34-23-13-14-24-37(34)42(38(35)27-31,32-19-9-3-10-20-32)33-21-11-4-12-22-33;42-27-36-39(30-11-3-1-4-12-30)43-41(32-13-5-2-6-14-32)44-40(36)31-21-19-28(20-22-31)29-23-25-33(26-24-29)45-37-17-9-7-15-34(37)35-16-8-10-18-38(35)45/h1-29H;1-27H;1-26H. The second-order valence-electron chi connectivity index (χ2n) is 34.1. The van der Waals surface area contributed by atoms with Crippen LogP contribution in [0.1, 0.15) is 38.9 Å². The Morgan fingerprint density at radius 2 is 0.479 bits per heavy atom. The van der Waals surface area contributed by atoms with Gasteiger partial charge >= 0.3 is 0 Å². The van der Waals surface area contributed by atoms with Crippen molar-refractivity contribution in [3.05, 3.63) is 537 Å². The fraction of sp³-hybridized carbons (Fsp3) is 0.00781. The molecule has 0 N–H and O–H groups in total. The highest BCUT2D eigenvalue weighted by molar-refractivity contribution is 6.09. The second kappa shape index (κ2) is 38.6. The maximum absolute atomic E-state index is 10.7. The Labute approximate surface area is 811 Å². The van der Waals surface area contributed by atoms with Crippen molar-refractivity contribution in [2.75, 3.05) is 0 Å². The summed E-state index contributed by atoms with van der Waals surface area (Å²) in [6.45, 7) is 0. The summed E-state index contributed by atoms with van der Waals surface area (Å²) in [5.74, 6) is 1.74. The van der Waals surface area contributed by atoms with E-state index < -0.39 is 5.41 Å². The molecule has 12 nitrogen and oxygen atoms in total. The molecule has 0 saturated heterocycles. The summed E-state index contributed by atoms with van der Waals surface area (Å²) in [6.07, 6.45) is 3.61. The van der Waals surface area contributed by atoms with E-state index in [2.05, 4.69) is 288 Å². The molecule has 0 atom stereocenters. The molecule has 0 bridgehead atoms. The monoisotopic (exact) mass is 1790 g/mol. The summed E-state index contributed by atoms with van der Waals surface area (Å²) >= 11 is 0. The van der Waals surface area contributed by atoms with Crippen LogP contribution in [0.2, 0.25) is 0 Å². The fourth-order valence-corrected chi connectivity index (χ4v) is 19.1. The first kappa shape index (κ1) is 86.0. The van der Waals surface area contributed by atoms with Crippen LogP contribution in [0.4, 0.5) is 0 Å². The highest BCUT2D eigenvalue weighted by atomic mass is 15.0. The van der Waals surface area contributed by atoms with Gasteiger partial charge < -0.3 is 4.57 Å². The van der Waals surface area contributed by atoms with Gasteiger partial charge in [-0.15, -0.1) is 0 Å². The van der Waals surface area contributed by atoms with Crippen LogP contribution in [0.5, 0.6) is 0 Å². The molecular formula is C128H82N12. The van der Waals surface area contributed by atoms with Crippen molar-refractivity contribution < 1.29 is 0 Å². The summed E-state index contributed by atoms with van der Waals surface area (Å²) in [4.78, 5) is 39.0. The molecule has 6 heterocycles. The van der Waals surface area contributed by atoms with Crippen LogP contribution in [-0.2, 0) is 5.41 Å². The molecule has 6 aromatic heterocycles. The van der Waals surface area contributed by atoms with E-state index >= 15 is 0 Å². The van der Waals surface area contributed by atoms with Gasteiger partial charge in [0.1, 0.15) is 34.9 Å². The van der Waals surface area contributed by atoms with Crippen molar-refractivity contribution in [1.29, 1.82) is 15.8 Å². The Hall–Kier alpha value is -19.5. The minimum absolute atomic E-state index is 0.426. The van der Waals surface area contributed by atoms with Crippen molar-refractivity contribution in [2.45, 2.75) is 5.41 Å². The summed E-state index contributed by atoms with van der Waals surface area (Å²) < 4.78 is 2.32. The van der Waals surface area contributed by atoms with Gasteiger partial charge in [-0.25, -0.2) is 29.9 Å². The Morgan fingerprint density at radius 3 is 0.857 bits per heavy atom. The third-order valence-corrected chi connectivity index (χ3v) is 25.8. The van der Waals surface area contributed by atoms with Gasteiger partial charge in [-0.3, -0.25) is 9.97 Å². The molecule has 0 amide bonds. The average molecular weight is 1790 g/mol. The molecule has 0 fully saturated rings. The largest absolute Gasteiger partial charge is 0.309 e. The molecule has 23 aromatic rings. The van der Waals surface area contributed by atoms with Gasteiger partial charge in [-0.1, -0.05) is 413 Å². The van der Waals surface area contributed by atoms with E-state index in [0.29, 0.717) is 68.3 Å². The quantitative estimate of drug-likeness (QED) is 0.0847. The summed E-state index contributed by atoms with van der Waals surface area (Å²) in [7, 11) is 0. The van der Waals surface area contributed by atoms with Gasteiger partial charge in [0.25, 0.3) is 0 Å². The molecule has 12 heteroatoms. The highest BCUT2D eigenvalue weighted by Crippen LogP contribution is 2.57. The van der Waals surface area contributed by atoms with Crippen molar-refractivity contribution in [2.24, 2.45) is 0 Å². The third-order valence-electron chi connectivity index (χ3n) is 25.8. The lowest BCUT2D eigenvalue weighted by Gasteiger charge is -2.34.